The van der Waals surface area contributed by atoms with Crippen molar-refractivity contribution in [2.75, 3.05) is 39.5 Å². The van der Waals surface area contributed by atoms with E-state index in [0.717, 1.165) is 0 Å². The number of carbonyl (C=O) groups is 2. The third kappa shape index (κ3) is 5.25. The maximum absolute atomic E-state index is 12.1. The van der Waals surface area contributed by atoms with E-state index in [2.05, 4.69) is 4.72 Å². The fraction of sp³-hybridized carbons (Fsp3) is 0.400. The van der Waals surface area contributed by atoms with Gasteiger partial charge in [0.15, 0.2) is 6.61 Å². The van der Waals surface area contributed by atoms with E-state index in [9.17, 15) is 18.0 Å². The summed E-state index contributed by atoms with van der Waals surface area (Å²) >= 11 is 0. The largest absolute Gasteiger partial charge is 0.455 e. The Labute approximate surface area is 145 Å². The van der Waals surface area contributed by atoms with Crippen molar-refractivity contribution in [3.8, 4) is 6.07 Å². The molecule has 1 fully saturated rings. The first-order valence-electron chi connectivity index (χ1n) is 7.44. The topological polar surface area (TPSA) is 126 Å². The van der Waals surface area contributed by atoms with Crippen molar-refractivity contribution in [2.24, 2.45) is 0 Å². The van der Waals surface area contributed by atoms with Gasteiger partial charge in [0.25, 0.3) is 5.91 Å². The van der Waals surface area contributed by atoms with Crippen LogP contribution in [0.5, 0.6) is 0 Å². The van der Waals surface area contributed by atoms with Crippen molar-refractivity contribution < 1.29 is 27.5 Å². The molecule has 1 N–H and O–H groups in total. The van der Waals surface area contributed by atoms with Crippen LogP contribution in [0.1, 0.15) is 5.56 Å². The van der Waals surface area contributed by atoms with E-state index in [1.54, 1.807) is 6.07 Å². The van der Waals surface area contributed by atoms with Crippen molar-refractivity contribution in [3.63, 3.8) is 0 Å². The van der Waals surface area contributed by atoms with Crippen LogP contribution in [0.4, 0.5) is 0 Å². The Morgan fingerprint density at radius 1 is 1.28 bits per heavy atom. The third-order valence-electron chi connectivity index (χ3n) is 3.42. The molecule has 1 aromatic rings. The molecule has 0 spiro atoms. The molecule has 1 saturated heterocycles. The Kier molecular flexibility index (Phi) is 6.46. The van der Waals surface area contributed by atoms with Gasteiger partial charge in [0, 0.05) is 13.1 Å². The van der Waals surface area contributed by atoms with E-state index in [1.165, 1.54) is 29.2 Å². The number of nitrogens with one attached hydrogen (secondary N) is 1. The molecule has 0 unspecified atom stereocenters. The van der Waals surface area contributed by atoms with Crippen molar-refractivity contribution in [2.45, 2.75) is 4.90 Å². The third-order valence-corrected chi connectivity index (χ3v) is 4.88. The second-order valence-electron chi connectivity index (χ2n) is 5.09. The molecule has 1 aromatic carbocycles. The normalized spacial score (nSPS) is 14.6. The van der Waals surface area contributed by atoms with Crippen LogP contribution in [0.3, 0.4) is 0 Å². The summed E-state index contributed by atoms with van der Waals surface area (Å²) in [5, 5.41) is 8.94. The summed E-state index contributed by atoms with van der Waals surface area (Å²) in [6.45, 7) is 0.602. The molecule has 1 amide bonds. The molecule has 0 radical (unpaired) electrons. The number of hydrogen-bond acceptors (Lipinski definition) is 7. The van der Waals surface area contributed by atoms with Gasteiger partial charge in [0.2, 0.25) is 10.0 Å². The number of nitrogens with zero attached hydrogens (tertiary/aromatic N) is 2. The van der Waals surface area contributed by atoms with E-state index in [0.29, 0.717) is 26.3 Å². The average molecular weight is 367 g/mol. The predicted molar refractivity (Wildman–Crippen MR) is 84.7 cm³/mol. The van der Waals surface area contributed by atoms with E-state index in [1.807, 2.05) is 0 Å². The van der Waals surface area contributed by atoms with Crippen molar-refractivity contribution >= 4 is 21.9 Å². The van der Waals surface area contributed by atoms with Crippen LogP contribution < -0.4 is 4.72 Å². The molecule has 1 aliphatic heterocycles. The average Bonchev–Trinajstić information content (AvgIpc) is 2.65. The monoisotopic (exact) mass is 367 g/mol. The van der Waals surface area contributed by atoms with Crippen molar-refractivity contribution in [1.29, 1.82) is 5.26 Å². The minimum absolute atomic E-state index is 0.0362. The first-order chi connectivity index (χ1) is 11.9. The van der Waals surface area contributed by atoms with Gasteiger partial charge in [-0.15, -0.1) is 0 Å². The smallest absolute Gasteiger partial charge is 0.321 e. The fourth-order valence-electron chi connectivity index (χ4n) is 2.12. The summed E-state index contributed by atoms with van der Waals surface area (Å²) in [7, 11) is -4.04. The fourth-order valence-corrected chi connectivity index (χ4v) is 3.25. The number of ether oxygens (including phenoxy) is 2. The van der Waals surface area contributed by atoms with Crippen LogP contribution in [0.2, 0.25) is 0 Å². The summed E-state index contributed by atoms with van der Waals surface area (Å²) < 4.78 is 36.2. The van der Waals surface area contributed by atoms with Crippen molar-refractivity contribution in [3.05, 3.63) is 29.8 Å². The molecule has 1 heterocycles. The minimum atomic E-state index is -4.04. The quantitative estimate of drug-likeness (QED) is 0.655. The summed E-state index contributed by atoms with van der Waals surface area (Å²) in [4.78, 5) is 24.8. The first-order valence-corrected chi connectivity index (χ1v) is 8.92. The lowest BCUT2D eigenvalue weighted by Crippen LogP contribution is -2.43. The summed E-state index contributed by atoms with van der Waals surface area (Å²) in [5.74, 6) is -1.26. The zero-order valence-corrected chi connectivity index (χ0v) is 14.1. The van der Waals surface area contributed by atoms with Gasteiger partial charge in [0.05, 0.1) is 23.7 Å². The van der Waals surface area contributed by atoms with Gasteiger partial charge in [-0.2, -0.15) is 9.98 Å². The number of esters is 1. The Hall–Kier alpha value is -2.48. The van der Waals surface area contributed by atoms with E-state index in [-0.39, 0.29) is 16.4 Å². The van der Waals surface area contributed by atoms with Gasteiger partial charge in [-0.25, -0.2) is 8.42 Å². The lowest BCUT2D eigenvalue weighted by Gasteiger charge is -2.26. The molecule has 0 saturated carbocycles. The van der Waals surface area contributed by atoms with Crippen LogP contribution in [0.25, 0.3) is 0 Å². The van der Waals surface area contributed by atoms with E-state index < -0.39 is 29.1 Å². The molecule has 9 nitrogen and oxygen atoms in total. The highest BCUT2D eigenvalue weighted by Gasteiger charge is 2.21. The summed E-state index contributed by atoms with van der Waals surface area (Å²) in [6.07, 6.45) is 0. The molecular weight excluding hydrogens is 350 g/mol. The summed E-state index contributed by atoms with van der Waals surface area (Å²) in [5.41, 5.74) is -0.0362. The predicted octanol–water partition coefficient (Wildman–Crippen LogP) is -0.761. The molecule has 0 atom stereocenters. The van der Waals surface area contributed by atoms with Crippen LogP contribution in [0, 0.1) is 11.3 Å². The number of amides is 1. The summed E-state index contributed by atoms with van der Waals surface area (Å²) in [6, 6.07) is 7.38. The lowest BCUT2D eigenvalue weighted by atomic mass is 10.2. The molecule has 25 heavy (non-hydrogen) atoms. The maximum Gasteiger partial charge on any atom is 0.321 e. The number of nitriles is 1. The van der Waals surface area contributed by atoms with Crippen LogP contribution in [-0.2, 0) is 29.1 Å². The zero-order valence-electron chi connectivity index (χ0n) is 13.3. The highest BCUT2D eigenvalue weighted by atomic mass is 32.2. The van der Waals surface area contributed by atoms with Crippen LogP contribution >= 0.6 is 0 Å². The Balaban J connectivity index is 1.85. The molecule has 0 bridgehead atoms. The number of morpholine rings is 1. The van der Waals surface area contributed by atoms with Crippen molar-refractivity contribution in [1.82, 2.24) is 9.62 Å². The first kappa shape index (κ1) is 18.9. The molecular formula is C15H17N3O6S. The van der Waals surface area contributed by atoms with Gasteiger partial charge >= 0.3 is 5.97 Å². The molecule has 10 heteroatoms. The van der Waals surface area contributed by atoms with Gasteiger partial charge in [-0.1, -0.05) is 12.1 Å². The molecule has 0 aromatic heterocycles. The Bertz CT molecular complexity index is 781. The lowest BCUT2D eigenvalue weighted by molar-refractivity contribution is -0.152. The van der Waals surface area contributed by atoms with Crippen LogP contribution in [0.15, 0.2) is 29.2 Å². The highest BCUT2D eigenvalue weighted by molar-refractivity contribution is 7.89. The molecule has 1 aliphatic rings. The van der Waals surface area contributed by atoms with Gasteiger partial charge in [0.1, 0.15) is 12.6 Å². The SMILES string of the molecule is N#Cc1ccccc1S(=O)(=O)NCC(=O)OCC(=O)N1CCOCC1. The Morgan fingerprint density at radius 2 is 1.96 bits per heavy atom. The van der Waals surface area contributed by atoms with Gasteiger partial charge < -0.3 is 14.4 Å². The highest BCUT2D eigenvalue weighted by Crippen LogP contribution is 2.13. The number of sulfonamides is 1. The molecule has 2 rings (SSSR count). The maximum atomic E-state index is 12.1. The number of hydrogen-bond donors (Lipinski definition) is 1. The standard InChI is InChI=1S/C15H17N3O6S/c16-9-12-3-1-2-4-13(12)25(21,22)17-10-15(20)24-11-14(19)18-5-7-23-8-6-18/h1-4,17H,5-8,10-11H2. The van der Waals surface area contributed by atoms with Gasteiger partial charge in [-0.3, -0.25) is 9.59 Å². The minimum Gasteiger partial charge on any atom is -0.455 e. The van der Waals surface area contributed by atoms with Gasteiger partial charge in [-0.05, 0) is 12.1 Å². The second kappa shape index (κ2) is 8.57. The van der Waals surface area contributed by atoms with E-state index >= 15 is 0 Å². The number of rotatable bonds is 6. The second-order valence-corrected chi connectivity index (χ2v) is 6.82. The number of benzene rings is 1. The molecule has 0 aliphatic carbocycles. The zero-order chi connectivity index (χ0) is 18.3. The number of carbonyl (C=O) groups excluding carboxylic acids is 2. The van der Waals surface area contributed by atoms with E-state index in [4.69, 9.17) is 14.7 Å². The molecule has 134 valence electrons. The Morgan fingerprint density at radius 3 is 2.64 bits per heavy atom. The van der Waals surface area contributed by atoms with Crippen LogP contribution in [-0.4, -0.2) is 64.6 Å².